The molecular formula is C16H22ClN7. The van der Waals surface area contributed by atoms with Crippen LogP contribution in [0, 0.1) is 0 Å². The van der Waals surface area contributed by atoms with E-state index in [4.69, 9.17) is 17.3 Å². The van der Waals surface area contributed by atoms with E-state index < -0.39 is 0 Å². The number of piperidine rings is 1. The molecule has 0 aromatic carbocycles. The monoisotopic (exact) mass is 347 g/mol. The molecule has 1 aliphatic rings. The molecule has 0 spiro atoms. The third-order valence-corrected chi connectivity index (χ3v) is 4.67. The molecule has 1 fully saturated rings. The van der Waals surface area contributed by atoms with Gasteiger partial charge in [-0.1, -0.05) is 11.6 Å². The normalized spacial score (nSPS) is 16.9. The Morgan fingerprint density at radius 1 is 1.25 bits per heavy atom. The third kappa shape index (κ3) is 3.73. The van der Waals surface area contributed by atoms with E-state index in [1.165, 1.54) is 0 Å². The SMILES string of the molecule is CC(c1ccc(Cl)cn1)N(C)c1ncnc(N2CCC(N)CC2)n1. The number of halogens is 1. The smallest absolute Gasteiger partial charge is 0.230 e. The van der Waals surface area contributed by atoms with Crippen LogP contribution in [0.3, 0.4) is 0 Å². The minimum atomic E-state index is 0.0206. The predicted octanol–water partition coefficient (Wildman–Crippen LogP) is 2.04. The van der Waals surface area contributed by atoms with Crippen LogP contribution in [0.15, 0.2) is 24.7 Å². The fourth-order valence-electron chi connectivity index (χ4n) is 2.71. The van der Waals surface area contributed by atoms with Gasteiger partial charge in [0.25, 0.3) is 0 Å². The van der Waals surface area contributed by atoms with Crippen molar-refractivity contribution < 1.29 is 0 Å². The Morgan fingerprint density at radius 3 is 2.67 bits per heavy atom. The average Bonchev–Trinajstić information content (AvgIpc) is 2.62. The first kappa shape index (κ1) is 16.9. The number of nitrogens with zero attached hydrogens (tertiary/aromatic N) is 6. The fourth-order valence-corrected chi connectivity index (χ4v) is 2.82. The van der Waals surface area contributed by atoms with Crippen molar-refractivity contribution in [2.75, 3.05) is 29.9 Å². The zero-order valence-corrected chi connectivity index (χ0v) is 14.7. The van der Waals surface area contributed by atoms with E-state index in [2.05, 4.69) is 31.8 Å². The molecule has 1 unspecified atom stereocenters. The Kier molecular flexibility index (Phi) is 5.11. The lowest BCUT2D eigenvalue weighted by Gasteiger charge is -2.31. The van der Waals surface area contributed by atoms with Gasteiger partial charge >= 0.3 is 0 Å². The van der Waals surface area contributed by atoms with E-state index in [0.29, 0.717) is 16.9 Å². The summed E-state index contributed by atoms with van der Waals surface area (Å²) in [5, 5.41) is 0.624. The van der Waals surface area contributed by atoms with Gasteiger partial charge in [0, 0.05) is 32.4 Å². The molecule has 0 radical (unpaired) electrons. The summed E-state index contributed by atoms with van der Waals surface area (Å²) in [5.41, 5.74) is 6.87. The molecule has 0 aliphatic carbocycles. The van der Waals surface area contributed by atoms with Gasteiger partial charge in [-0.15, -0.1) is 0 Å². The van der Waals surface area contributed by atoms with Crippen molar-refractivity contribution in [2.24, 2.45) is 5.73 Å². The van der Waals surface area contributed by atoms with Crippen molar-refractivity contribution in [2.45, 2.75) is 31.8 Å². The van der Waals surface area contributed by atoms with Gasteiger partial charge in [0.05, 0.1) is 16.8 Å². The van der Waals surface area contributed by atoms with E-state index in [-0.39, 0.29) is 12.1 Å². The van der Waals surface area contributed by atoms with Crippen LogP contribution in [0.2, 0.25) is 5.02 Å². The molecule has 7 nitrogen and oxygen atoms in total. The molecule has 0 amide bonds. The Hall–Kier alpha value is -1.99. The second kappa shape index (κ2) is 7.27. The molecule has 1 saturated heterocycles. The van der Waals surface area contributed by atoms with Crippen molar-refractivity contribution in [1.82, 2.24) is 19.9 Å². The Bertz CT molecular complexity index is 670. The Morgan fingerprint density at radius 2 is 2.00 bits per heavy atom. The molecule has 2 aromatic rings. The second-order valence-corrected chi connectivity index (χ2v) is 6.53. The van der Waals surface area contributed by atoms with Gasteiger partial charge in [-0.2, -0.15) is 4.98 Å². The summed E-state index contributed by atoms with van der Waals surface area (Å²) in [4.78, 5) is 21.8. The first-order valence-electron chi connectivity index (χ1n) is 8.08. The quantitative estimate of drug-likeness (QED) is 0.905. The number of hydrogen-bond donors (Lipinski definition) is 1. The summed E-state index contributed by atoms with van der Waals surface area (Å²) in [6.45, 7) is 3.81. The number of hydrogen-bond acceptors (Lipinski definition) is 7. The van der Waals surface area contributed by atoms with Crippen molar-refractivity contribution in [3.8, 4) is 0 Å². The van der Waals surface area contributed by atoms with E-state index in [1.54, 1.807) is 12.5 Å². The summed E-state index contributed by atoms with van der Waals surface area (Å²) in [6.07, 6.45) is 5.13. The van der Waals surface area contributed by atoms with Gasteiger partial charge in [0.2, 0.25) is 11.9 Å². The zero-order valence-electron chi connectivity index (χ0n) is 13.9. The largest absolute Gasteiger partial charge is 0.341 e. The van der Waals surface area contributed by atoms with Crippen LogP contribution >= 0.6 is 11.6 Å². The van der Waals surface area contributed by atoms with Gasteiger partial charge in [0.1, 0.15) is 6.33 Å². The minimum absolute atomic E-state index is 0.0206. The van der Waals surface area contributed by atoms with Crippen molar-refractivity contribution in [1.29, 1.82) is 0 Å². The first-order chi connectivity index (χ1) is 11.5. The average molecular weight is 348 g/mol. The number of pyridine rings is 1. The Balaban J connectivity index is 1.76. The number of nitrogens with two attached hydrogens (primary N) is 1. The van der Waals surface area contributed by atoms with E-state index in [0.717, 1.165) is 31.6 Å². The maximum atomic E-state index is 5.96. The fraction of sp³-hybridized carbons (Fsp3) is 0.500. The standard InChI is InChI=1S/C16H22ClN7/c1-11(14-4-3-12(17)9-19-14)23(2)15-20-10-21-16(22-15)24-7-5-13(18)6-8-24/h3-4,9-11,13H,5-8,18H2,1-2H3. The van der Waals surface area contributed by atoms with E-state index in [1.807, 2.05) is 24.1 Å². The number of aromatic nitrogens is 4. The lowest BCUT2D eigenvalue weighted by Crippen LogP contribution is -2.40. The van der Waals surface area contributed by atoms with Gasteiger partial charge in [-0.05, 0) is 31.9 Å². The molecule has 1 atom stereocenters. The van der Waals surface area contributed by atoms with Crippen molar-refractivity contribution >= 4 is 23.5 Å². The third-order valence-electron chi connectivity index (χ3n) is 4.44. The van der Waals surface area contributed by atoms with Gasteiger partial charge in [0.15, 0.2) is 0 Å². The van der Waals surface area contributed by atoms with E-state index >= 15 is 0 Å². The van der Waals surface area contributed by atoms with Crippen LogP contribution in [0.4, 0.5) is 11.9 Å². The molecule has 0 saturated carbocycles. The molecule has 0 bridgehead atoms. The summed E-state index contributed by atoms with van der Waals surface area (Å²) in [5.74, 6) is 1.33. The maximum absolute atomic E-state index is 5.96. The minimum Gasteiger partial charge on any atom is -0.341 e. The number of anilines is 2. The van der Waals surface area contributed by atoms with Crippen LogP contribution in [0.5, 0.6) is 0 Å². The predicted molar refractivity (Wildman–Crippen MR) is 95.3 cm³/mol. The van der Waals surface area contributed by atoms with Crippen LogP contribution in [-0.4, -0.2) is 46.1 Å². The Labute approximate surface area is 146 Å². The summed E-state index contributed by atoms with van der Waals surface area (Å²) in [7, 11) is 1.95. The lowest BCUT2D eigenvalue weighted by molar-refractivity contribution is 0.495. The topological polar surface area (TPSA) is 84.1 Å². The first-order valence-corrected chi connectivity index (χ1v) is 8.46. The second-order valence-electron chi connectivity index (χ2n) is 6.10. The molecule has 24 heavy (non-hydrogen) atoms. The molecular weight excluding hydrogens is 326 g/mol. The van der Waals surface area contributed by atoms with Gasteiger partial charge in [-0.3, -0.25) is 4.98 Å². The molecule has 1 aliphatic heterocycles. The van der Waals surface area contributed by atoms with Crippen LogP contribution in [0.25, 0.3) is 0 Å². The highest BCUT2D eigenvalue weighted by Gasteiger charge is 2.21. The molecule has 128 valence electrons. The highest BCUT2D eigenvalue weighted by molar-refractivity contribution is 6.30. The van der Waals surface area contributed by atoms with Gasteiger partial charge < -0.3 is 15.5 Å². The molecule has 2 aromatic heterocycles. The highest BCUT2D eigenvalue weighted by Crippen LogP contribution is 2.23. The molecule has 2 N–H and O–H groups in total. The van der Waals surface area contributed by atoms with Gasteiger partial charge in [-0.25, -0.2) is 9.97 Å². The zero-order chi connectivity index (χ0) is 17.1. The van der Waals surface area contributed by atoms with Crippen molar-refractivity contribution in [3.05, 3.63) is 35.4 Å². The van der Waals surface area contributed by atoms with Crippen LogP contribution < -0.4 is 15.5 Å². The molecule has 3 heterocycles. The molecule has 3 rings (SSSR count). The summed E-state index contributed by atoms with van der Waals surface area (Å²) < 4.78 is 0. The van der Waals surface area contributed by atoms with Crippen LogP contribution in [0.1, 0.15) is 31.5 Å². The van der Waals surface area contributed by atoms with Crippen LogP contribution in [-0.2, 0) is 0 Å². The molecule has 8 heteroatoms. The van der Waals surface area contributed by atoms with E-state index in [9.17, 15) is 0 Å². The van der Waals surface area contributed by atoms with Crippen molar-refractivity contribution in [3.63, 3.8) is 0 Å². The summed E-state index contributed by atoms with van der Waals surface area (Å²) in [6, 6.07) is 4.05. The maximum Gasteiger partial charge on any atom is 0.230 e. The summed E-state index contributed by atoms with van der Waals surface area (Å²) >= 11 is 5.91. The highest BCUT2D eigenvalue weighted by atomic mass is 35.5. The lowest BCUT2D eigenvalue weighted by atomic mass is 10.1. The number of rotatable bonds is 4.